The number of carbonyl (C=O) groups is 2. The van der Waals surface area contributed by atoms with E-state index >= 15 is 0 Å². The van der Waals surface area contributed by atoms with Crippen molar-refractivity contribution in [2.24, 2.45) is 0 Å². The van der Waals surface area contributed by atoms with Gasteiger partial charge in [-0.15, -0.1) is 0 Å². The first kappa shape index (κ1) is 20.4. The van der Waals surface area contributed by atoms with E-state index in [1.54, 1.807) is 6.07 Å². The molecule has 0 spiro atoms. The van der Waals surface area contributed by atoms with E-state index in [4.69, 9.17) is 4.74 Å². The van der Waals surface area contributed by atoms with E-state index in [1.165, 1.54) is 29.2 Å². The van der Waals surface area contributed by atoms with Gasteiger partial charge in [-0.05, 0) is 35.2 Å². The quantitative estimate of drug-likeness (QED) is 0.359. The minimum Gasteiger partial charge on any atom is -0.449 e. The Morgan fingerprint density at radius 2 is 1.52 bits per heavy atom. The molecule has 1 aliphatic rings. The van der Waals surface area contributed by atoms with Crippen LogP contribution in [0, 0.1) is 11.8 Å². The number of carbonyl (C=O) groups excluding carboxylic acids is 2. The molecular weight excluding hydrogens is 386 g/mol. The predicted octanol–water partition coefficient (Wildman–Crippen LogP) is 5.17. The van der Waals surface area contributed by atoms with Crippen molar-refractivity contribution in [3.8, 4) is 23.0 Å². The Balaban J connectivity index is 1.30. The lowest BCUT2D eigenvalue weighted by Gasteiger charge is -2.14. The van der Waals surface area contributed by atoms with Gasteiger partial charge in [0, 0.05) is 30.0 Å². The van der Waals surface area contributed by atoms with E-state index in [0.29, 0.717) is 24.1 Å². The first-order valence-corrected chi connectivity index (χ1v) is 10.3. The molecule has 3 aromatic carbocycles. The lowest BCUT2D eigenvalue weighted by Crippen LogP contribution is -2.26. The number of amides is 1. The second kappa shape index (κ2) is 9.32. The largest absolute Gasteiger partial charge is 0.449 e. The van der Waals surface area contributed by atoms with E-state index in [2.05, 4.69) is 41.4 Å². The fourth-order valence-corrected chi connectivity index (χ4v) is 3.93. The highest BCUT2D eigenvalue weighted by Gasteiger charge is 2.28. The smallest absolute Gasteiger partial charge is 0.407 e. The van der Waals surface area contributed by atoms with Crippen molar-refractivity contribution in [3.63, 3.8) is 0 Å². The molecule has 1 amide bonds. The van der Waals surface area contributed by atoms with E-state index < -0.39 is 6.09 Å². The highest BCUT2D eigenvalue weighted by molar-refractivity contribution is 5.96. The van der Waals surface area contributed by atoms with E-state index in [1.807, 2.05) is 42.5 Å². The summed E-state index contributed by atoms with van der Waals surface area (Å²) in [5, 5.41) is 2.75. The Morgan fingerprint density at radius 3 is 2.19 bits per heavy atom. The molecule has 0 saturated heterocycles. The molecule has 154 valence electrons. The number of ether oxygens (including phenoxy) is 1. The molecule has 4 rings (SSSR count). The van der Waals surface area contributed by atoms with Gasteiger partial charge in [0.1, 0.15) is 6.61 Å². The Kier molecular flexibility index (Phi) is 6.14. The van der Waals surface area contributed by atoms with Crippen molar-refractivity contribution in [2.45, 2.75) is 19.3 Å². The number of hydrogen-bond acceptors (Lipinski definition) is 3. The van der Waals surface area contributed by atoms with Gasteiger partial charge in [-0.1, -0.05) is 78.6 Å². The number of nitrogens with one attached hydrogen (secondary N) is 1. The molecule has 0 atom stereocenters. The van der Waals surface area contributed by atoms with Crippen LogP contribution in [-0.4, -0.2) is 25.0 Å². The van der Waals surface area contributed by atoms with E-state index in [-0.39, 0.29) is 18.3 Å². The van der Waals surface area contributed by atoms with Crippen LogP contribution in [0.25, 0.3) is 11.1 Å². The number of rotatable bonds is 5. The Labute approximate surface area is 182 Å². The van der Waals surface area contributed by atoms with Crippen LogP contribution in [0.3, 0.4) is 0 Å². The summed E-state index contributed by atoms with van der Waals surface area (Å²) in [5.41, 5.74) is 6.09. The summed E-state index contributed by atoms with van der Waals surface area (Å²) in [6.45, 7) is 2.20. The fraction of sp³-hybridized carbons (Fsp3) is 0.185. The molecule has 31 heavy (non-hydrogen) atoms. The van der Waals surface area contributed by atoms with Crippen molar-refractivity contribution < 1.29 is 14.3 Å². The van der Waals surface area contributed by atoms with Crippen LogP contribution in [0.4, 0.5) is 4.79 Å². The van der Waals surface area contributed by atoms with Crippen molar-refractivity contribution >= 4 is 11.9 Å². The molecule has 0 fully saturated rings. The predicted molar refractivity (Wildman–Crippen MR) is 121 cm³/mol. The van der Waals surface area contributed by atoms with Gasteiger partial charge in [-0.2, -0.15) is 0 Å². The lowest BCUT2D eigenvalue weighted by molar-refractivity contribution is 0.101. The summed E-state index contributed by atoms with van der Waals surface area (Å²) in [7, 11) is 0. The van der Waals surface area contributed by atoms with Crippen LogP contribution in [0.5, 0.6) is 0 Å². The van der Waals surface area contributed by atoms with Crippen LogP contribution in [-0.2, 0) is 4.74 Å². The third-order valence-electron chi connectivity index (χ3n) is 5.39. The van der Waals surface area contributed by atoms with Crippen molar-refractivity contribution in [3.05, 3.63) is 95.1 Å². The molecule has 0 aliphatic heterocycles. The maximum Gasteiger partial charge on any atom is 0.407 e. The second-order valence-electron chi connectivity index (χ2n) is 7.41. The standard InChI is InChI=1S/C27H23NO3/c1-19(29)21-12-3-2-10-20(21)11-8-9-17-28-27(30)31-18-26-24-15-6-4-13-22(24)23-14-5-7-16-25(23)26/h2-7,10,12-16,26H,9,17-18H2,1H3,(H,28,30). The number of hydrogen-bond donors (Lipinski definition) is 1. The van der Waals surface area contributed by atoms with Crippen LogP contribution in [0.2, 0.25) is 0 Å². The number of benzene rings is 3. The fourth-order valence-electron chi connectivity index (χ4n) is 3.93. The molecule has 0 saturated carbocycles. The number of Topliss-reactive ketones (excluding diaryl/α,β-unsaturated/α-hetero) is 1. The average Bonchev–Trinajstić information content (AvgIpc) is 3.11. The molecule has 0 aromatic heterocycles. The van der Waals surface area contributed by atoms with Gasteiger partial charge >= 0.3 is 6.09 Å². The van der Waals surface area contributed by atoms with Gasteiger partial charge < -0.3 is 10.1 Å². The third kappa shape index (κ3) is 4.51. The molecule has 0 radical (unpaired) electrons. The summed E-state index contributed by atoms with van der Waals surface area (Å²) < 4.78 is 5.51. The Morgan fingerprint density at radius 1 is 0.903 bits per heavy atom. The van der Waals surface area contributed by atoms with Crippen LogP contribution < -0.4 is 5.32 Å². The third-order valence-corrected chi connectivity index (χ3v) is 5.39. The minimum absolute atomic E-state index is 0.0123. The number of ketones is 1. The molecule has 0 unspecified atom stereocenters. The molecule has 3 aromatic rings. The summed E-state index contributed by atoms with van der Waals surface area (Å²) >= 11 is 0. The zero-order valence-corrected chi connectivity index (χ0v) is 17.4. The molecule has 0 bridgehead atoms. The molecule has 0 heterocycles. The highest BCUT2D eigenvalue weighted by atomic mass is 16.5. The van der Waals surface area contributed by atoms with Crippen molar-refractivity contribution in [1.82, 2.24) is 5.32 Å². The van der Waals surface area contributed by atoms with Gasteiger partial charge in [0.25, 0.3) is 0 Å². The topological polar surface area (TPSA) is 55.4 Å². The molecule has 1 N–H and O–H groups in total. The van der Waals surface area contributed by atoms with Crippen LogP contribution >= 0.6 is 0 Å². The van der Waals surface area contributed by atoms with E-state index in [9.17, 15) is 9.59 Å². The first-order valence-electron chi connectivity index (χ1n) is 10.3. The number of fused-ring (bicyclic) bond motifs is 3. The molecular formula is C27H23NO3. The lowest BCUT2D eigenvalue weighted by atomic mass is 9.98. The van der Waals surface area contributed by atoms with Gasteiger partial charge in [-0.3, -0.25) is 4.79 Å². The Bertz CT molecular complexity index is 1140. The second-order valence-corrected chi connectivity index (χ2v) is 7.41. The van der Waals surface area contributed by atoms with Crippen molar-refractivity contribution in [2.75, 3.05) is 13.2 Å². The molecule has 4 heteroatoms. The van der Waals surface area contributed by atoms with Gasteiger partial charge in [-0.25, -0.2) is 4.79 Å². The molecule has 1 aliphatic carbocycles. The SMILES string of the molecule is CC(=O)c1ccccc1C#CCCNC(=O)OCC1c2ccccc2-c2ccccc21. The number of alkyl carbamates (subject to hydrolysis) is 1. The van der Waals surface area contributed by atoms with E-state index in [0.717, 1.165) is 0 Å². The monoisotopic (exact) mass is 409 g/mol. The zero-order valence-electron chi connectivity index (χ0n) is 17.4. The van der Waals surface area contributed by atoms with Gasteiger partial charge in [0.15, 0.2) is 5.78 Å². The summed E-state index contributed by atoms with van der Waals surface area (Å²) in [6, 6.07) is 23.8. The summed E-state index contributed by atoms with van der Waals surface area (Å²) in [5.74, 6) is 6.04. The normalized spacial score (nSPS) is 11.6. The van der Waals surface area contributed by atoms with Gasteiger partial charge in [0.05, 0.1) is 0 Å². The van der Waals surface area contributed by atoms with Crippen molar-refractivity contribution in [1.29, 1.82) is 0 Å². The van der Waals surface area contributed by atoms with Crippen LogP contribution in [0.15, 0.2) is 72.8 Å². The summed E-state index contributed by atoms with van der Waals surface area (Å²) in [6.07, 6.45) is 0.0176. The maximum absolute atomic E-state index is 12.2. The maximum atomic E-state index is 12.2. The zero-order chi connectivity index (χ0) is 21.6. The minimum atomic E-state index is -0.451. The highest BCUT2D eigenvalue weighted by Crippen LogP contribution is 2.44. The molecule has 4 nitrogen and oxygen atoms in total. The average molecular weight is 409 g/mol. The van der Waals surface area contributed by atoms with Gasteiger partial charge in [0.2, 0.25) is 0 Å². The first-order chi connectivity index (χ1) is 15.1. The summed E-state index contributed by atoms with van der Waals surface area (Å²) in [4.78, 5) is 23.8. The Hall–Kier alpha value is -3.84. The van der Waals surface area contributed by atoms with Crippen LogP contribution in [0.1, 0.15) is 46.3 Å².